The molecule has 0 aliphatic carbocycles. The summed E-state index contributed by atoms with van der Waals surface area (Å²) in [6.07, 6.45) is 0. The molecule has 3 rings (SSSR count). The van der Waals surface area contributed by atoms with E-state index in [-0.39, 0.29) is 5.69 Å². The van der Waals surface area contributed by atoms with Gasteiger partial charge in [0.05, 0.1) is 4.92 Å². The predicted octanol–water partition coefficient (Wildman–Crippen LogP) is 3.23. The van der Waals surface area contributed by atoms with Crippen LogP contribution in [-0.2, 0) is 4.57 Å². The van der Waals surface area contributed by atoms with Crippen molar-refractivity contribution in [2.75, 3.05) is 0 Å². The highest BCUT2D eigenvalue weighted by Gasteiger charge is 2.30. The molecule has 0 aliphatic rings. The first-order valence-electron chi connectivity index (χ1n) is 7.08. The molecule has 0 saturated heterocycles. The van der Waals surface area contributed by atoms with Crippen molar-refractivity contribution < 1.29 is 9.49 Å². The second kappa shape index (κ2) is 6.19. The number of non-ortho nitro benzene ring substituents is 1. The van der Waals surface area contributed by atoms with E-state index in [1.54, 1.807) is 36.4 Å². The lowest BCUT2D eigenvalue weighted by atomic mass is 10.3. The molecule has 0 spiro atoms. The van der Waals surface area contributed by atoms with Crippen molar-refractivity contribution in [3.8, 4) is 0 Å². The zero-order valence-corrected chi connectivity index (χ0v) is 13.1. The van der Waals surface area contributed by atoms with E-state index in [2.05, 4.69) is 0 Å². The van der Waals surface area contributed by atoms with Crippen LogP contribution < -0.4 is 15.9 Å². The molecule has 0 saturated carbocycles. The molecule has 0 amide bonds. The number of benzene rings is 3. The monoisotopic (exact) mass is 323 g/mol. The fourth-order valence-corrected chi connectivity index (χ4v) is 5.21. The van der Waals surface area contributed by atoms with Crippen LogP contribution in [0.25, 0.3) is 0 Å². The zero-order valence-electron chi connectivity index (χ0n) is 12.2. The molecule has 0 heterocycles. The molecule has 5 heteroatoms. The number of rotatable bonds is 4. The maximum absolute atomic E-state index is 14.0. The second-order valence-electron chi connectivity index (χ2n) is 5.06. The third kappa shape index (κ3) is 2.81. The average molecular weight is 323 g/mol. The van der Waals surface area contributed by atoms with Gasteiger partial charge in [0.25, 0.3) is 5.69 Å². The lowest BCUT2D eigenvalue weighted by molar-refractivity contribution is -0.384. The molecular weight excluding hydrogens is 309 g/mol. The van der Waals surface area contributed by atoms with Crippen LogP contribution in [0, 0.1) is 10.1 Å². The molecule has 0 aromatic heterocycles. The smallest absolute Gasteiger partial charge is 0.270 e. The number of nitro benzene ring substituents is 1. The minimum Gasteiger partial charge on any atom is -0.309 e. The van der Waals surface area contributed by atoms with Crippen LogP contribution in [0.1, 0.15) is 0 Å². The van der Waals surface area contributed by atoms with Crippen molar-refractivity contribution >= 4 is 28.7 Å². The summed E-state index contributed by atoms with van der Waals surface area (Å²) in [5.41, 5.74) is -0.0606. The Morgan fingerprint density at radius 2 is 1.17 bits per heavy atom. The quantitative estimate of drug-likeness (QED) is 0.421. The SMILES string of the molecule is O=[N+]([O-])c1cccc(P(=O)(c2ccccc2)c2ccccc2)c1. The van der Waals surface area contributed by atoms with Crippen LogP contribution >= 0.6 is 7.14 Å². The highest BCUT2D eigenvalue weighted by atomic mass is 31.2. The summed E-state index contributed by atoms with van der Waals surface area (Å²) in [7, 11) is -3.15. The molecule has 0 unspecified atom stereocenters. The van der Waals surface area contributed by atoms with E-state index < -0.39 is 12.1 Å². The Morgan fingerprint density at radius 1 is 0.696 bits per heavy atom. The second-order valence-corrected chi connectivity index (χ2v) is 7.83. The van der Waals surface area contributed by atoms with E-state index in [9.17, 15) is 14.7 Å². The molecule has 3 aromatic carbocycles. The minimum atomic E-state index is -3.15. The molecule has 0 fully saturated rings. The van der Waals surface area contributed by atoms with Crippen LogP contribution in [0.2, 0.25) is 0 Å². The normalized spacial score (nSPS) is 11.1. The van der Waals surface area contributed by atoms with Gasteiger partial charge in [0.15, 0.2) is 7.14 Å². The highest BCUT2D eigenvalue weighted by molar-refractivity contribution is 7.85. The fourth-order valence-electron chi connectivity index (χ4n) is 2.53. The van der Waals surface area contributed by atoms with Gasteiger partial charge in [-0.2, -0.15) is 0 Å². The van der Waals surface area contributed by atoms with Gasteiger partial charge in [-0.25, -0.2) is 0 Å². The van der Waals surface area contributed by atoms with Gasteiger partial charge in [0, 0.05) is 28.0 Å². The predicted molar refractivity (Wildman–Crippen MR) is 92.5 cm³/mol. The van der Waals surface area contributed by atoms with Crippen LogP contribution in [0.5, 0.6) is 0 Å². The van der Waals surface area contributed by atoms with Crippen molar-refractivity contribution in [2.45, 2.75) is 0 Å². The van der Waals surface area contributed by atoms with Crippen LogP contribution in [-0.4, -0.2) is 4.92 Å². The van der Waals surface area contributed by atoms with Gasteiger partial charge in [0.2, 0.25) is 0 Å². The Bertz CT molecular complexity index is 836. The van der Waals surface area contributed by atoms with Crippen LogP contribution in [0.15, 0.2) is 84.9 Å². The molecule has 3 aromatic rings. The minimum absolute atomic E-state index is 0.0606. The van der Waals surface area contributed by atoms with Crippen LogP contribution in [0.3, 0.4) is 0 Å². The first-order valence-corrected chi connectivity index (χ1v) is 8.79. The molecule has 0 atom stereocenters. The number of nitro groups is 1. The van der Waals surface area contributed by atoms with Gasteiger partial charge in [-0.15, -0.1) is 0 Å². The maximum atomic E-state index is 14.0. The zero-order chi connectivity index (χ0) is 16.3. The van der Waals surface area contributed by atoms with E-state index in [4.69, 9.17) is 0 Å². The Morgan fingerprint density at radius 3 is 1.65 bits per heavy atom. The summed E-state index contributed by atoms with van der Waals surface area (Å²) < 4.78 is 14.0. The summed E-state index contributed by atoms with van der Waals surface area (Å²) in [5, 5.41) is 12.8. The Kier molecular flexibility index (Phi) is 4.09. The molecule has 0 radical (unpaired) electrons. The van der Waals surface area contributed by atoms with Gasteiger partial charge in [-0.3, -0.25) is 10.1 Å². The van der Waals surface area contributed by atoms with Gasteiger partial charge >= 0.3 is 0 Å². The highest BCUT2D eigenvalue weighted by Crippen LogP contribution is 2.42. The maximum Gasteiger partial charge on any atom is 0.270 e. The van der Waals surface area contributed by atoms with E-state index >= 15 is 0 Å². The molecule has 0 N–H and O–H groups in total. The summed E-state index contributed by atoms with van der Waals surface area (Å²) >= 11 is 0. The Labute approximate surface area is 133 Å². The molecule has 114 valence electrons. The van der Waals surface area contributed by atoms with E-state index in [0.29, 0.717) is 15.9 Å². The lowest BCUT2D eigenvalue weighted by Gasteiger charge is -2.19. The number of hydrogen-bond acceptors (Lipinski definition) is 3. The first-order chi connectivity index (χ1) is 11.1. The number of hydrogen-bond donors (Lipinski definition) is 0. The average Bonchev–Trinajstić information content (AvgIpc) is 2.62. The molecule has 4 nitrogen and oxygen atoms in total. The lowest BCUT2D eigenvalue weighted by Crippen LogP contribution is -2.25. The van der Waals surface area contributed by atoms with Gasteiger partial charge in [-0.05, 0) is 0 Å². The van der Waals surface area contributed by atoms with Crippen molar-refractivity contribution in [1.29, 1.82) is 0 Å². The third-order valence-electron chi connectivity index (χ3n) is 3.64. The van der Waals surface area contributed by atoms with Crippen LogP contribution in [0.4, 0.5) is 5.69 Å². The fraction of sp³-hybridized carbons (Fsp3) is 0. The van der Waals surface area contributed by atoms with Gasteiger partial charge < -0.3 is 4.57 Å². The van der Waals surface area contributed by atoms with Crippen molar-refractivity contribution in [1.82, 2.24) is 0 Å². The summed E-state index contributed by atoms with van der Waals surface area (Å²) in [6, 6.07) is 24.3. The Balaban J connectivity index is 2.28. The van der Waals surface area contributed by atoms with E-state index in [1.807, 2.05) is 36.4 Å². The molecule has 0 bridgehead atoms. The first kappa shape index (κ1) is 15.2. The molecule has 23 heavy (non-hydrogen) atoms. The number of nitrogens with zero attached hydrogens (tertiary/aromatic N) is 1. The summed E-state index contributed by atoms with van der Waals surface area (Å²) in [4.78, 5) is 10.6. The van der Waals surface area contributed by atoms with Gasteiger partial charge in [0.1, 0.15) is 0 Å². The Hall–Kier alpha value is -2.71. The third-order valence-corrected chi connectivity index (χ3v) is 6.70. The largest absolute Gasteiger partial charge is 0.309 e. The topological polar surface area (TPSA) is 60.2 Å². The van der Waals surface area contributed by atoms with Crippen molar-refractivity contribution in [2.24, 2.45) is 0 Å². The standard InChI is InChI=1S/C18H14NO3P/c20-19(21)15-8-7-13-18(14-15)23(22,16-9-3-1-4-10-16)17-11-5-2-6-12-17/h1-14H. The van der Waals surface area contributed by atoms with Crippen molar-refractivity contribution in [3.63, 3.8) is 0 Å². The van der Waals surface area contributed by atoms with Gasteiger partial charge in [-0.1, -0.05) is 72.8 Å². The summed E-state index contributed by atoms with van der Waals surface area (Å²) in [5.74, 6) is 0. The van der Waals surface area contributed by atoms with E-state index in [1.165, 1.54) is 12.1 Å². The molecular formula is C18H14NO3P. The van der Waals surface area contributed by atoms with Crippen molar-refractivity contribution in [3.05, 3.63) is 95.0 Å². The molecule has 0 aliphatic heterocycles. The van der Waals surface area contributed by atoms with E-state index in [0.717, 1.165) is 0 Å². The summed E-state index contributed by atoms with van der Waals surface area (Å²) in [6.45, 7) is 0.